The highest BCUT2D eigenvalue weighted by molar-refractivity contribution is 5.77. The second-order valence-electron chi connectivity index (χ2n) is 6.17. The summed E-state index contributed by atoms with van der Waals surface area (Å²) < 4.78 is 6.24. The van der Waals surface area contributed by atoms with Gasteiger partial charge in [0.25, 0.3) is 0 Å². The highest BCUT2D eigenvalue weighted by Crippen LogP contribution is 2.22. The number of pyridine rings is 1. The van der Waals surface area contributed by atoms with Gasteiger partial charge in [0.2, 0.25) is 5.91 Å². The van der Waals surface area contributed by atoms with E-state index in [4.69, 9.17) is 4.74 Å². The van der Waals surface area contributed by atoms with Crippen molar-refractivity contribution in [3.05, 3.63) is 51.6 Å². The molecule has 0 aromatic carbocycles. The van der Waals surface area contributed by atoms with Crippen molar-refractivity contribution >= 4 is 17.6 Å². The van der Waals surface area contributed by atoms with Gasteiger partial charge in [0.1, 0.15) is 17.9 Å². The molecule has 0 N–H and O–H groups in total. The molecule has 150 valence electrons. The van der Waals surface area contributed by atoms with Crippen molar-refractivity contribution in [2.75, 3.05) is 13.2 Å². The smallest absolute Gasteiger partial charge is 0.312 e. The molecule has 1 amide bonds. The number of aromatic nitrogens is 3. The maximum Gasteiger partial charge on any atom is 0.312 e. The lowest BCUT2D eigenvalue weighted by Gasteiger charge is -2.22. The number of hydrogen-bond acceptors (Lipinski definition) is 7. The second-order valence-corrected chi connectivity index (χ2v) is 6.17. The van der Waals surface area contributed by atoms with E-state index < -0.39 is 10.9 Å². The van der Waals surface area contributed by atoms with Gasteiger partial charge in [0, 0.05) is 25.5 Å². The molecule has 0 bridgehead atoms. The van der Waals surface area contributed by atoms with Crippen LogP contribution in [0.3, 0.4) is 0 Å². The van der Waals surface area contributed by atoms with Crippen LogP contribution in [0.5, 0.6) is 0 Å². The molecule has 10 nitrogen and oxygen atoms in total. The van der Waals surface area contributed by atoms with E-state index in [1.54, 1.807) is 32.3 Å². The second kappa shape index (κ2) is 9.58. The maximum absolute atomic E-state index is 12.9. The average molecular weight is 389 g/mol. The van der Waals surface area contributed by atoms with Gasteiger partial charge in [-0.25, -0.2) is 0 Å². The van der Waals surface area contributed by atoms with E-state index in [2.05, 4.69) is 10.1 Å². The molecule has 0 aliphatic carbocycles. The summed E-state index contributed by atoms with van der Waals surface area (Å²) >= 11 is 0. The third-order valence-corrected chi connectivity index (χ3v) is 4.15. The Labute approximate surface area is 162 Å². The number of amides is 1. The van der Waals surface area contributed by atoms with Gasteiger partial charge in [-0.2, -0.15) is 5.10 Å². The topological polar surface area (TPSA) is 120 Å². The molecule has 28 heavy (non-hydrogen) atoms. The van der Waals surface area contributed by atoms with Crippen molar-refractivity contribution in [3.63, 3.8) is 0 Å². The molecule has 10 heteroatoms. The Hall–Kier alpha value is -3.30. The number of hydrogen-bond donors (Lipinski definition) is 0. The van der Waals surface area contributed by atoms with Crippen LogP contribution in [-0.2, 0) is 27.4 Å². The number of rotatable bonds is 9. The van der Waals surface area contributed by atoms with Crippen molar-refractivity contribution in [2.24, 2.45) is 0 Å². The van der Waals surface area contributed by atoms with Crippen LogP contribution in [0.25, 0.3) is 0 Å². The first kappa shape index (κ1) is 21.0. The molecule has 0 saturated heterocycles. The predicted molar refractivity (Wildman–Crippen MR) is 99.3 cm³/mol. The molecule has 0 fully saturated rings. The van der Waals surface area contributed by atoms with Crippen LogP contribution < -0.4 is 0 Å². The summed E-state index contributed by atoms with van der Waals surface area (Å²) in [6, 6.07) is 3.58. The highest BCUT2D eigenvalue weighted by Gasteiger charge is 2.24. The molecular weight excluding hydrogens is 366 g/mol. The van der Waals surface area contributed by atoms with Gasteiger partial charge >= 0.3 is 11.7 Å². The quantitative estimate of drug-likeness (QED) is 0.364. The molecule has 0 spiro atoms. The van der Waals surface area contributed by atoms with Crippen LogP contribution in [0.1, 0.15) is 30.3 Å². The van der Waals surface area contributed by atoms with E-state index in [1.807, 2.05) is 6.07 Å². The van der Waals surface area contributed by atoms with Gasteiger partial charge in [-0.3, -0.25) is 29.4 Å². The van der Waals surface area contributed by atoms with Crippen molar-refractivity contribution in [1.29, 1.82) is 0 Å². The minimum Gasteiger partial charge on any atom is -0.466 e. The Balaban J connectivity index is 2.17. The zero-order valence-electron chi connectivity index (χ0n) is 16.1. The molecule has 0 saturated carbocycles. The van der Waals surface area contributed by atoms with Crippen molar-refractivity contribution in [3.8, 4) is 0 Å². The summed E-state index contributed by atoms with van der Waals surface area (Å²) in [5.41, 5.74) is 1.26. The van der Waals surface area contributed by atoms with Crippen LogP contribution in [0.2, 0.25) is 0 Å². The molecule has 0 unspecified atom stereocenters. The summed E-state index contributed by atoms with van der Waals surface area (Å²) in [5, 5.41) is 15.3. The molecule has 0 atom stereocenters. The zero-order chi connectivity index (χ0) is 20.7. The Morgan fingerprint density at radius 3 is 2.68 bits per heavy atom. The summed E-state index contributed by atoms with van der Waals surface area (Å²) in [6.07, 6.45) is 3.32. The Morgan fingerprint density at radius 2 is 2.11 bits per heavy atom. The van der Waals surface area contributed by atoms with Gasteiger partial charge < -0.3 is 9.64 Å². The van der Waals surface area contributed by atoms with Crippen LogP contribution in [0.4, 0.5) is 5.69 Å². The SMILES string of the molecule is CCOC(=O)CCN(Cc1cccnc1)C(=O)Cn1nc(C)c([N+](=O)[O-])c1C. The third kappa shape index (κ3) is 5.35. The minimum absolute atomic E-state index is 0.0527. The first-order valence-electron chi connectivity index (χ1n) is 8.84. The Bertz CT molecular complexity index is 850. The summed E-state index contributed by atoms with van der Waals surface area (Å²) in [6.45, 7) is 5.32. The van der Waals surface area contributed by atoms with Gasteiger partial charge in [0.05, 0.1) is 18.0 Å². The molecule has 2 aromatic heterocycles. The Morgan fingerprint density at radius 1 is 1.36 bits per heavy atom. The lowest BCUT2D eigenvalue weighted by atomic mass is 10.2. The first-order chi connectivity index (χ1) is 13.3. The first-order valence-corrected chi connectivity index (χ1v) is 8.84. The number of esters is 1. The standard InChI is InChI=1S/C18H23N5O5/c1-4-28-17(25)7-9-21(11-15-6-5-8-19-10-15)16(24)12-22-14(3)18(23(26)27)13(2)20-22/h5-6,8,10H,4,7,9,11-12H2,1-3H3. The normalized spacial score (nSPS) is 10.5. The highest BCUT2D eigenvalue weighted by atomic mass is 16.6. The molecule has 2 heterocycles. The van der Waals surface area contributed by atoms with Crippen LogP contribution in [0, 0.1) is 24.0 Å². The fraction of sp³-hybridized carbons (Fsp3) is 0.444. The molecule has 0 aliphatic rings. The zero-order valence-corrected chi connectivity index (χ0v) is 16.1. The number of ether oxygens (including phenoxy) is 1. The van der Waals surface area contributed by atoms with E-state index in [1.165, 1.54) is 16.5 Å². The molecule has 2 aromatic rings. The lowest BCUT2D eigenvalue weighted by molar-refractivity contribution is -0.386. The van der Waals surface area contributed by atoms with Crippen LogP contribution in [0.15, 0.2) is 24.5 Å². The number of aryl methyl sites for hydroxylation is 1. The monoisotopic (exact) mass is 389 g/mol. The lowest BCUT2D eigenvalue weighted by Crippen LogP contribution is -2.35. The van der Waals surface area contributed by atoms with Crippen molar-refractivity contribution < 1.29 is 19.2 Å². The maximum atomic E-state index is 12.9. The van der Waals surface area contributed by atoms with Gasteiger partial charge in [-0.1, -0.05) is 6.07 Å². The van der Waals surface area contributed by atoms with Gasteiger partial charge in [0.15, 0.2) is 0 Å². The molecule has 0 aliphatic heterocycles. The summed E-state index contributed by atoms with van der Waals surface area (Å²) in [5.74, 6) is -0.707. The molecule has 2 rings (SSSR count). The van der Waals surface area contributed by atoms with Crippen molar-refractivity contribution in [2.45, 2.75) is 40.3 Å². The van der Waals surface area contributed by atoms with Crippen LogP contribution >= 0.6 is 0 Å². The van der Waals surface area contributed by atoms with E-state index in [-0.39, 0.29) is 50.0 Å². The average Bonchev–Trinajstić information content (AvgIpc) is 2.93. The van der Waals surface area contributed by atoms with E-state index >= 15 is 0 Å². The third-order valence-electron chi connectivity index (χ3n) is 4.15. The van der Waals surface area contributed by atoms with E-state index in [0.29, 0.717) is 5.69 Å². The summed E-state index contributed by atoms with van der Waals surface area (Å²) in [4.78, 5) is 40.7. The number of carbonyl (C=O) groups is 2. The Kier molecular flexibility index (Phi) is 7.19. The van der Waals surface area contributed by atoms with Gasteiger partial charge in [-0.05, 0) is 32.4 Å². The van der Waals surface area contributed by atoms with Crippen LogP contribution in [-0.4, -0.2) is 49.6 Å². The number of carbonyl (C=O) groups excluding carboxylic acids is 2. The van der Waals surface area contributed by atoms with E-state index in [9.17, 15) is 19.7 Å². The fourth-order valence-electron chi connectivity index (χ4n) is 2.80. The van der Waals surface area contributed by atoms with Gasteiger partial charge in [-0.15, -0.1) is 0 Å². The number of nitrogens with zero attached hydrogens (tertiary/aromatic N) is 5. The summed E-state index contributed by atoms with van der Waals surface area (Å²) in [7, 11) is 0. The molecular formula is C18H23N5O5. The van der Waals surface area contributed by atoms with E-state index in [0.717, 1.165) is 5.56 Å². The minimum atomic E-state index is -0.507. The van der Waals surface area contributed by atoms with Crippen molar-refractivity contribution in [1.82, 2.24) is 19.7 Å². The fourth-order valence-corrected chi connectivity index (χ4v) is 2.80. The largest absolute Gasteiger partial charge is 0.466 e. The molecule has 0 radical (unpaired) electrons. The predicted octanol–water partition coefficient (Wildman–Crippen LogP) is 1.79. The number of nitro groups is 1.